The lowest BCUT2D eigenvalue weighted by Crippen LogP contribution is -2.26. The molecule has 0 saturated heterocycles. The first-order valence-electron chi connectivity index (χ1n) is 7.49. The summed E-state index contributed by atoms with van der Waals surface area (Å²) in [5, 5.41) is 6.31. The molecule has 1 saturated carbocycles. The maximum Gasteiger partial charge on any atom is 0.223 e. The lowest BCUT2D eigenvalue weighted by Gasteiger charge is -2.13. The summed E-state index contributed by atoms with van der Waals surface area (Å²) < 4.78 is 5.83. The maximum atomic E-state index is 11.6. The molecular formula is C16H22N2O2. The molecule has 4 nitrogen and oxygen atoms in total. The van der Waals surface area contributed by atoms with Crippen LogP contribution in [-0.2, 0) is 11.2 Å². The van der Waals surface area contributed by atoms with E-state index in [9.17, 15) is 4.79 Å². The van der Waals surface area contributed by atoms with E-state index < -0.39 is 0 Å². The van der Waals surface area contributed by atoms with Crippen LogP contribution in [0, 0.1) is 0 Å². The monoisotopic (exact) mass is 274 g/mol. The summed E-state index contributed by atoms with van der Waals surface area (Å²) in [5.74, 6) is 1.05. The first kappa shape index (κ1) is 13.4. The fraction of sp³-hybridized carbons (Fsp3) is 0.562. The van der Waals surface area contributed by atoms with Crippen molar-refractivity contribution in [2.75, 3.05) is 13.7 Å². The molecule has 1 fully saturated rings. The van der Waals surface area contributed by atoms with Gasteiger partial charge >= 0.3 is 0 Å². The average molecular weight is 274 g/mol. The minimum atomic E-state index is 0.105. The Morgan fingerprint density at radius 1 is 1.35 bits per heavy atom. The van der Waals surface area contributed by atoms with E-state index in [2.05, 4.69) is 16.7 Å². The molecule has 4 heteroatoms. The fourth-order valence-corrected chi connectivity index (χ4v) is 2.84. The Hall–Kier alpha value is -1.55. The molecule has 1 aromatic rings. The Balaban J connectivity index is 1.55. The molecule has 0 bridgehead atoms. The number of fused-ring (bicyclic) bond motifs is 1. The maximum absolute atomic E-state index is 11.6. The molecule has 2 aliphatic carbocycles. The molecule has 1 amide bonds. The lowest BCUT2D eigenvalue weighted by molar-refractivity contribution is -0.121. The van der Waals surface area contributed by atoms with Crippen molar-refractivity contribution in [2.45, 2.75) is 44.2 Å². The number of hydrogen-bond acceptors (Lipinski definition) is 3. The van der Waals surface area contributed by atoms with Gasteiger partial charge in [-0.2, -0.15) is 0 Å². The zero-order valence-electron chi connectivity index (χ0n) is 11.9. The van der Waals surface area contributed by atoms with Crippen LogP contribution in [0.15, 0.2) is 18.2 Å². The second kappa shape index (κ2) is 5.83. The summed E-state index contributed by atoms with van der Waals surface area (Å²) >= 11 is 0. The first-order chi connectivity index (χ1) is 9.78. The summed E-state index contributed by atoms with van der Waals surface area (Å²) in [6, 6.07) is 7.08. The third-order valence-corrected chi connectivity index (χ3v) is 4.11. The van der Waals surface area contributed by atoms with Crippen LogP contribution >= 0.6 is 0 Å². The Kier molecular flexibility index (Phi) is 3.92. The largest absolute Gasteiger partial charge is 0.493 e. The molecule has 0 heterocycles. The SMILES string of the molecule is CNC1CCc2c(OCCC(=O)NC3CC3)cccc21. The van der Waals surface area contributed by atoms with Crippen LogP contribution in [0.2, 0.25) is 0 Å². The third kappa shape index (κ3) is 2.96. The molecule has 3 rings (SSSR count). The number of rotatable bonds is 6. The summed E-state index contributed by atoms with van der Waals surface area (Å²) in [5.41, 5.74) is 2.64. The van der Waals surface area contributed by atoms with Crippen LogP contribution in [-0.4, -0.2) is 25.6 Å². The van der Waals surface area contributed by atoms with Crippen LogP contribution in [0.1, 0.15) is 42.9 Å². The Morgan fingerprint density at radius 2 is 2.20 bits per heavy atom. The Labute approximate surface area is 119 Å². The van der Waals surface area contributed by atoms with Gasteiger partial charge in [0.25, 0.3) is 0 Å². The highest BCUT2D eigenvalue weighted by Gasteiger charge is 2.24. The van der Waals surface area contributed by atoms with Gasteiger partial charge in [0.2, 0.25) is 5.91 Å². The Morgan fingerprint density at radius 3 is 2.95 bits per heavy atom. The highest BCUT2D eigenvalue weighted by molar-refractivity contribution is 5.76. The van der Waals surface area contributed by atoms with Gasteiger partial charge in [-0.05, 0) is 49.9 Å². The van der Waals surface area contributed by atoms with Gasteiger partial charge in [-0.3, -0.25) is 4.79 Å². The van der Waals surface area contributed by atoms with E-state index in [1.165, 1.54) is 11.1 Å². The molecule has 108 valence electrons. The van der Waals surface area contributed by atoms with Crippen LogP contribution < -0.4 is 15.4 Å². The van der Waals surface area contributed by atoms with Gasteiger partial charge in [0, 0.05) is 12.1 Å². The highest BCUT2D eigenvalue weighted by Crippen LogP contribution is 2.36. The number of carbonyl (C=O) groups is 1. The normalized spacial score (nSPS) is 20.6. The third-order valence-electron chi connectivity index (χ3n) is 4.11. The second-order valence-electron chi connectivity index (χ2n) is 5.64. The number of ether oxygens (including phenoxy) is 1. The molecule has 2 aliphatic rings. The minimum Gasteiger partial charge on any atom is -0.493 e. The summed E-state index contributed by atoms with van der Waals surface area (Å²) in [7, 11) is 2.00. The van der Waals surface area contributed by atoms with E-state index >= 15 is 0 Å². The van der Waals surface area contributed by atoms with Crippen molar-refractivity contribution in [1.29, 1.82) is 0 Å². The zero-order valence-corrected chi connectivity index (χ0v) is 11.9. The lowest BCUT2D eigenvalue weighted by atomic mass is 10.1. The standard InChI is InChI=1S/C16H22N2O2/c1-17-14-8-7-13-12(14)3-2-4-15(13)20-10-9-16(19)18-11-5-6-11/h2-4,11,14,17H,5-10H2,1H3,(H,18,19). The quantitative estimate of drug-likeness (QED) is 0.833. The van der Waals surface area contributed by atoms with E-state index in [0.29, 0.717) is 25.1 Å². The minimum absolute atomic E-state index is 0.105. The number of carbonyl (C=O) groups excluding carboxylic acids is 1. The Bertz CT molecular complexity index is 497. The topological polar surface area (TPSA) is 50.4 Å². The number of hydrogen-bond donors (Lipinski definition) is 2. The van der Waals surface area contributed by atoms with Gasteiger partial charge < -0.3 is 15.4 Å². The molecule has 2 N–H and O–H groups in total. The molecule has 0 radical (unpaired) electrons. The van der Waals surface area contributed by atoms with E-state index in [0.717, 1.165) is 31.4 Å². The van der Waals surface area contributed by atoms with Gasteiger partial charge in [-0.1, -0.05) is 12.1 Å². The van der Waals surface area contributed by atoms with E-state index in [1.807, 2.05) is 19.2 Å². The van der Waals surface area contributed by atoms with Gasteiger partial charge in [-0.25, -0.2) is 0 Å². The van der Waals surface area contributed by atoms with Crippen molar-refractivity contribution in [2.24, 2.45) is 0 Å². The zero-order chi connectivity index (χ0) is 13.9. The molecule has 20 heavy (non-hydrogen) atoms. The van der Waals surface area contributed by atoms with Crippen molar-refractivity contribution in [3.8, 4) is 5.75 Å². The molecule has 0 spiro atoms. The summed E-state index contributed by atoms with van der Waals surface area (Å²) in [4.78, 5) is 11.6. The van der Waals surface area contributed by atoms with Gasteiger partial charge in [0.05, 0.1) is 13.0 Å². The number of amides is 1. The molecule has 1 atom stereocenters. The predicted molar refractivity (Wildman–Crippen MR) is 77.8 cm³/mol. The van der Waals surface area contributed by atoms with Gasteiger partial charge in [-0.15, -0.1) is 0 Å². The average Bonchev–Trinajstić information content (AvgIpc) is 3.15. The number of nitrogens with one attached hydrogen (secondary N) is 2. The molecule has 0 aliphatic heterocycles. The van der Waals surface area contributed by atoms with Crippen LogP contribution in [0.3, 0.4) is 0 Å². The van der Waals surface area contributed by atoms with Crippen molar-refractivity contribution in [3.05, 3.63) is 29.3 Å². The molecule has 1 aromatic carbocycles. The smallest absolute Gasteiger partial charge is 0.223 e. The van der Waals surface area contributed by atoms with Crippen molar-refractivity contribution >= 4 is 5.91 Å². The predicted octanol–water partition coefficient (Wildman–Crippen LogP) is 1.94. The van der Waals surface area contributed by atoms with Crippen molar-refractivity contribution in [1.82, 2.24) is 10.6 Å². The summed E-state index contributed by atoms with van der Waals surface area (Å²) in [6.45, 7) is 0.458. The molecule has 1 unspecified atom stereocenters. The second-order valence-corrected chi connectivity index (χ2v) is 5.64. The van der Waals surface area contributed by atoms with Crippen LogP contribution in [0.4, 0.5) is 0 Å². The number of benzene rings is 1. The summed E-state index contributed by atoms with van der Waals surface area (Å²) in [6.07, 6.45) is 4.86. The van der Waals surface area contributed by atoms with E-state index in [-0.39, 0.29) is 5.91 Å². The van der Waals surface area contributed by atoms with E-state index in [1.54, 1.807) is 0 Å². The van der Waals surface area contributed by atoms with E-state index in [4.69, 9.17) is 4.74 Å². The van der Waals surface area contributed by atoms with Crippen LogP contribution in [0.5, 0.6) is 5.75 Å². The fourth-order valence-electron chi connectivity index (χ4n) is 2.84. The van der Waals surface area contributed by atoms with Gasteiger partial charge in [0.1, 0.15) is 5.75 Å². The van der Waals surface area contributed by atoms with Crippen molar-refractivity contribution in [3.63, 3.8) is 0 Å². The van der Waals surface area contributed by atoms with Gasteiger partial charge in [0.15, 0.2) is 0 Å². The molecule has 0 aromatic heterocycles. The van der Waals surface area contributed by atoms with Crippen LogP contribution in [0.25, 0.3) is 0 Å². The molecular weight excluding hydrogens is 252 g/mol. The highest BCUT2D eigenvalue weighted by atomic mass is 16.5. The van der Waals surface area contributed by atoms with Crippen molar-refractivity contribution < 1.29 is 9.53 Å². The first-order valence-corrected chi connectivity index (χ1v) is 7.49.